The molecule has 2 aromatic heterocycles. The first-order valence-electron chi connectivity index (χ1n) is 5.91. The van der Waals surface area contributed by atoms with Gasteiger partial charge in [0.2, 0.25) is 0 Å². The molecule has 3 heterocycles. The van der Waals surface area contributed by atoms with Crippen molar-refractivity contribution in [1.82, 2.24) is 4.57 Å². The number of ether oxygens (including phenoxy) is 2. The van der Waals surface area contributed by atoms with E-state index in [9.17, 15) is 4.79 Å². The smallest absolute Gasteiger partial charge is 0.354 e. The maximum atomic E-state index is 11.8. The van der Waals surface area contributed by atoms with Gasteiger partial charge in [-0.3, -0.25) is 0 Å². The first kappa shape index (κ1) is 11.3. The highest BCUT2D eigenvalue weighted by molar-refractivity contribution is 5.95. The standard InChI is InChI=1S/C13H15NO4/c1-7-8(2)18-11-4-10(13(15)16-3)14(12(7)11)5-9-6-17-9/h4,9H,5-6H2,1-3H3/t9-/m1/s1. The Kier molecular flexibility index (Phi) is 2.45. The highest BCUT2D eigenvalue weighted by Crippen LogP contribution is 2.30. The first-order valence-corrected chi connectivity index (χ1v) is 5.91. The Balaban J connectivity index is 2.18. The molecule has 1 fully saturated rings. The van der Waals surface area contributed by atoms with Gasteiger partial charge in [0.1, 0.15) is 11.5 Å². The number of carbonyl (C=O) groups excluding carboxylic acids is 1. The second-order valence-electron chi connectivity index (χ2n) is 4.58. The van der Waals surface area contributed by atoms with Crippen LogP contribution in [-0.2, 0) is 16.0 Å². The summed E-state index contributed by atoms with van der Waals surface area (Å²) < 4.78 is 17.6. The number of carbonyl (C=O) groups is 1. The Morgan fingerprint density at radius 3 is 2.89 bits per heavy atom. The molecule has 0 aliphatic carbocycles. The number of fused-ring (bicyclic) bond motifs is 1. The summed E-state index contributed by atoms with van der Waals surface area (Å²) in [6.07, 6.45) is 0.193. The number of nitrogens with zero attached hydrogens (tertiary/aromatic N) is 1. The summed E-state index contributed by atoms with van der Waals surface area (Å²) in [5.74, 6) is 0.529. The number of furan rings is 1. The van der Waals surface area contributed by atoms with Crippen LogP contribution in [0.4, 0.5) is 0 Å². The Morgan fingerprint density at radius 2 is 2.28 bits per heavy atom. The molecule has 0 aromatic carbocycles. The lowest BCUT2D eigenvalue weighted by molar-refractivity contribution is 0.0588. The SMILES string of the molecule is COC(=O)c1cc2oc(C)c(C)c2n1C[C@@H]1CO1. The Labute approximate surface area is 104 Å². The van der Waals surface area contributed by atoms with Crippen LogP contribution in [0.5, 0.6) is 0 Å². The molecule has 3 rings (SSSR count). The van der Waals surface area contributed by atoms with Crippen molar-refractivity contribution in [2.45, 2.75) is 26.5 Å². The monoisotopic (exact) mass is 249 g/mol. The van der Waals surface area contributed by atoms with E-state index in [0.717, 1.165) is 29.0 Å². The van der Waals surface area contributed by atoms with Crippen LogP contribution in [0.3, 0.4) is 0 Å². The molecule has 0 N–H and O–H groups in total. The molecule has 1 aliphatic rings. The van der Waals surface area contributed by atoms with Crippen LogP contribution < -0.4 is 0 Å². The van der Waals surface area contributed by atoms with Gasteiger partial charge in [-0.05, 0) is 13.8 Å². The van der Waals surface area contributed by atoms with Gasteiger partial charge in [0, 0.05) is 11.6 Å². The van der Waals surface area contributed by atoms with Gasteiger partial charge in [0.05, 0.1) is 31.9 Å². The summed E-state index contributed by atoms with van der Waals surface area (Å²) in [7, 11) is 1.38. The van der Waals surface area contributed by atoms with Gasteiger partial charge in [0.25, 0.3) is 0 Å². The molecule has 1 saturated heterocycles. The van der Waals surface area contributed by atoms with Gasteiger partial charge < -0.3 is 18.5 Å². The van der Waals surface area contributed by atoms with Gasteiger partial charge >= 0.3 is 5.97 Å². The molecule has 2 aromatic rings. The molecule has 0 spiro atoms. The lowest BCUT2D eigenvalue weighted by Crippen LogP contribution is -2.13. The normalized spacial score (nSPS) is 18.3. The molecule has 96 valence electrons. The fourth-order valence-corrected chi connectivity index (χ4v) is 2.24. The van der Waals surface area contributed by atoms with E-state index in [-0.39, 0.29) is 12.1 Å². The molecule has 5 heteroatoms. The average molecular weight is 249 g/mol. The highest BCUT2D eigenvalue weighted by Gasteiger charge is 2.28. The van der Waals surface area contributed by atoms with Crippen LogP contribution in [0.25, 0.3) is 11.1 Å². The summed E-state index contributed by atoms with van der Waals surface area (Å²) in [4.78, 5) is 11.8. The van der Waals surface area contributed by atoms with Crippen LogP contribution in [-0.4, -0.2) is 30.4 Å². The Hall–Kier alpha value is -1.75. The van der Waals surface area contributed by atoms with Gasteiger partial charge in [-0.25, -0.2) is 4.79 Å². The van der Waals surface area contributed by atoms with Crippen molar-refractivity contribution in [2.75, 3.05) is 13.7 Å². The molecule has 1 atom stereocenters. The minimum absolute atomic E-state index is 0.193. The van der Waals surface area contributed by atoms with Crippen molar-refractivity contribution in [2.24, 2.45) is 0 Å². The Bertz CT molecular complexity index is 618. The predicted octanol–water partition coefficient (Wildman–Crippen LogP) is 2.04. The molecule has 0 amide bonds. The van der Waals surface area contributed by atoms with Crippen LogP contribution in [0.2, 0.25) is 0 Å². The molecular formula is C13H15NO4. The third-order valence-corrected chi connectivity index (χ3v) is 3.39. The summed E-state index contributed by atoms with van der Waals surface area (Å²) in [6.45, 7) is 5.32. The van der Waals surface area contributed by atoms with E-state index in [0.29, 0.717) is 12.2 Å². The quantitative estimate of drug-likeness (QED) is 0.617. The highest BCUT2D eigenvalue weighted by atomic mass is 16.6. The largest absolute Gasteiger partial charge is 0.464 e. The van der Waals surface area contributed by atoms with Gasteiger partial charge in [-0.2, -0.15) is 0 Å². The topological polar surface area (TPSA) is 56.9 Å². The van der Waals surface area contributed by atoms with Gasteiger partial charge in [-0.1, -0.05) is 0 Å². The molecule has 1 aliphatic heterocycles. The number of methoxy groups -OCH3 is 1. The van der Waals surface area contributed by atoms with E-state index >= 15 is 0 Å². The minimum atomic E-state index is -0.348. The van der Waals surface area contributed by atoms with E-state index in [4.69, 9.17) is 13.9 Å². The lowest BCUT2D eigenvalue weighted by atomic mass is 10.2. The van der Waals surface area contributed by atoms with Crippen LogP contribution in [0.1, 0.15) is 21.8 Å². The maximum absolute atomic E-state index is 11.8. The zero-order valence-corrected chi connectivity index (χ0v) is 10.6. The summed E-state index contributed by atoms with van der Waals surface area (Å²) in [5, 5.41) is 0. The van der Waals surface area contributed by atoms with Crippen molar-refractivity contribution < 1.29 is 18.7 Å². The van der Waals surface area contributed by atoms with Crippen LogP contribution in [0, 0.1) is 13.8 Å². The zero-order valence-electron chi connectivity index (χ0n) is 10.6. The van der Waals surface area contributed by atoms with Crippen molar-refractivity contribution in [3.05, 3.63) is 23.1 Å². The van der Waals surface area contributed by atoms with E-state index in [1.807, 2.05) is 18.4 Å². The van der Waals surface area contributed by atoms with Gasteiger partial charge in [0.15, 0.2) is 5.58 Å². The predicted molar refractivity (Wildman–Crippen MR) is 64.8 cm³/mol. The molecule has 0 saturated carbocycles. The number of rotatable bonds is 3. The maximum Gasteiger partial charge on any atom is 0.354 e. The summed E-state index contributed by atoms with van der Waals surface area (Å²) in [5.41, 5.74) is 3.26. The first-order chi connectivity index (χ1) is 8.61. The Morgan fingerprint density at radius 1 is 1.56 bits per heavy atom. The third-order valence-electron chi connectivity index (χ3n) is 3.39. The molecule has 0 unspecified atom stereocenters. The van der Waals surface area contributed by atoms with E-state index < -0.39 is 0 Å². The van der Waals surface area contributed by atoms with Crippen LogP contribution in [0.15, 0.2) is 10.5 Å². The van der Waals surface area contributed by atoms with Crippen molar-refractivity contribution in [3.63, 3.8) is 0 Å². The number of hydrogen-bond donors (Lipinski definition) is 0. The minimum Gasteiger partial charge on any atom is -0.464 e. The molecule has 0 radical (unpaired) electrons. The number of esters is 1. The second-order valence-corrected chi connectivity index (χ2v) is 4.58. The van der Waals surface area contributed by atoms with Crippen LogP contribution >= 0.6 is 0 Å². The number of hydrogen-bond acceptors (Lipinski definition) is 4. The lowest BCUT2D eigenvalue weighted by Gasteiger charge is -2.07. The van der Waals surface area contributed by atoms with E-state index in [2.05, 4.69) is 0 Å². The molecular weight excluding hydrogens is 234 g/mol. The summed E-state index contributed by atoms with van der Waals surface area (Å²) in [6, 6.07) is 1.74. The third kappa shape index (κ3) is 1.62. The zero-order chi connectivity index (χ0) is 12.9. The molecule has 0 bridgehead atoms. The fraction of sp³-hybridized carbons (Fsp3) is 0.462. The van der Waals surface area contributed by atoms with Crippen molar-refractivity contribution >= 4 is 17.1 Å². The molecule has 5 nitrogen and oxygen atoms in total. The van der Waals surface area contributed by atoms with E-state index in [1.165, 1.54) is 7.11 Å². The summed E-state index contributed by atoms with van der Waals surface area (Å²) >= 11 is 0. The fourth-order valence-electron chi connectivity index (χ4n) is 2.24. The number of aromatic nitrogens is 1. The second kappa shape index (κ2) is 3.88. The number of aryl methyl sites for hydroxylation is 2. The molecule has 18 heavy (non-hydrogen) atoms. The number of epoxide rings is 1. The van der Waals surface area contributed by atoms with Gasteiger partial charge in [-0.15, -0.1) is 0 Å². The average Bonchev–Trinajstić information content (AvgIpc) is 3.04. The van der Waals surface area contributed by atoms with E-state index in [1.54, 1.807) is 6.07 Å². The van der Waals surface area contributed by atoms with Crippen molar-refractivity contribution in [1.29, 1.82) is 0 Å². The van der Waals surface area contributed by atoms with Crippen molar-refractivity contribution in [3.8, 4) is 0 Å².